The van der Waals surface area contributed by atoms with Crippen molar-refractivity contribution < 1.29 is 0 Å². The first-order valence-corrected chi connectivity index (χ1v) is 21.0. The highest BCUT2D eigenvalue weighted by atomic mass is 35.5. The molecule has 3 aromatic rings. The maximum Gasteiger partial charge on any atom is 0.0574 e. The Morgan fingerprint density at radius 1 is 0.577 bits per heavy atom. The van der Waals surface area contributed by atoms with Crippen LogP contribution in [0.1, 0.15) is 92.9 Å². The lowest BCUT2D eigenvalue weighted by Crippen LogP contribution is -2.42. The molecule has 0 amide bonds. The first-order valence-electron chi connectivity index (χ1n) is 20.2. The minimum absolute atomic E-state index is 0.136. The van der Waals surface area contributed by atoms with Crippen LogP contribution in [0.4, 0.5) is 0 Å². The molecule has 3 aliphatic rings. The van der Waals surface area contributed by atoms with Crippen molar-refractivity contribution in [1.29, 1.82) is 0 Å². The third-order valence-electron chi connectivity index (χ3n) is 10.7. The number of hydrogen-bond donors (Lipinski definition) is 3. The molecular weight excluding hydrogens is 683 g/mol. The van der Waals surface area contributed by atoms with Gasteiger partial charge >= 0.3 is 0 Å². The topological polar surface area (TPSA) is 87.8 Å². The van der Waals surface area contributed by atoms with E-state index in [1.54, 1.807) is 6.07 Å². The molecule has 0 saturated carbocycles. The number of aryl methyl sites for hydroxylation is 2. The van der Waals surface area contributed by atoms with E-state index in [0.29, 0.717) is 5.02 Å². The summed E-state index contributed by atoms with van der Waals surface area (Å²) in [5.74, 6) is 0. The van der Waals surface area contributed by atoms with Gasteiger partial charge in [-0.2, -0.15) is 0 Å². The number of likely N-dealkylation sites (tertiary alicyclic amines) is 3. The highest BCUT2D eigenvalue weighted by Crippen LogP contribution is 2.22. The van der Waals surface area contributed by atoms with E-state index in [4.69, 9.17) is 40.4 Å². The van der Waals surface area contributed by atoms with E-state index < -0.39 is 0 Å². The van der Waals surface area contributed by atoms with Gasteiger partial charge in [0.25, 0.3) is 0 Å². The van der Waals surface area contributed by atoms with Crippen molar-refractivity contribution in [3.05, 3.63) is 105 Å². The van der Waals surface area contributed by atoms with E-state index in [2.05, 4.69) is 76.2 Å². The Morgan fingerprint density at radius 3 is 1.65 bits per heavy atom. The average Bonchev–Trinajstić information content (AvgIpc) is 3.33. The molecule has 6 N–H and O–H groups in total. The van der Waals surface area contributed by atoms with Crippen LogP contribution in [0.25, 0.3) is 0 Å². The lowest BCUT2D eigenvalue weighted by Gasteiger charge is -2.27. The first kappa shape index (κ1) is 42.7. The second-order valence-electron chi connectivity index (χ2n) is 15.4. The molecule has 3 saturated heterocycles. The molecule has 3 atom stereocenters. The Bertz CT molecular complexity index is 1350. The van der Waals surface area contributed by atoms with Crippen LogP contribution in [0.3, 0.4) is 0 Å². The van der Waals surface area contributed by atoms with Crippen LogP contribution in [0.5, 0.6) is 0 Å². The van der Waals surface area contributed by atoms with Crippen molar-refractivity contribution in [1.82, 2.24) is 14.7 Å². The molecule has 0 aliphatic carbocycles. The highest BCUT2D eigenvalue weighted by molar-refractivity contribution is 6.35. The summed E-state index contributed by atoms with van der Waals surface area (Å²) < 4.78 is 0. The minimum atomic E-state index is 0.136. The number of hydrogen-bond acceptors (Lipinski definition) is 6. The van der Waals surface area contributed by atoms with Gasteiger partial charge in [0.05, 0.1) is 6.17 Å². The van der Waals surface area contributed by atoms with Gasteiger partial charge in [0.1, 0.15) is 0 Å². The zero-order valence-electron chi connectivity index (χ0n) is 32.0. The fraction of sp³-hybridized carbons (Fsp3) is 0.591. The van der Waals surface area contributed by atoms with Crippen LogP contribution in [0.15, 0.2) is 72.8 Å². The molecule has 52 heavy (non-hydrogen) atoms. The monoisotopic (exact) mass is 750 g/mol. The summed E-state index contributed by atoms with van der Waals surface area (Å²) in [4.78, 5) is 7.44. The van der Waals surface area contributed by atoms with Gasteiger partial charge < -0.3 is 27.0 Å². The Hall–Kier alpha value is -2.00. The fourth-order valence-corrected chi connectivity index (χ4v) is 8.13. The average molecular weight is 752 g/mol. The largest absolute Gasteiger partial charge is 0.326 e. The van der Waals surface area contributed by atoms with Gasteiger partial charge in [0.2, 0.25) is 0 Å². The van der Waals surface area contributed by atoms with E-state index in [1.807, 2.05) is 12.1 Å². The molecule has 3 aromatic carbocycles. The molecule has 8 heteroatoms. The van der Waals surface area contributed by atoms with Gasteiger partial charge in [-0.1, -0.05) is 115 Å². The van der Waals surface area contributed by atoms with Gasteiger partial charge in [-0.25, -0.2) is 0 Å². The Balaban J connectivity index is 0.000000175. The quantitative estimate of drug-likeness (QED) is 0.172. The molecule has 3 fully saturated rings. The van der Waals surface area contributed by atoms with Gasteiger partial charge in [0, 0.05) is 35.2 Å². The summed E-state index contributed by atoms with van der Waals surface area (Å²) in [5.41, 5.74) is 23.9. The molecule has 3 aliphatic heterocycles. The predicted molar refractivity (Wildman–Crippen MR) is 224 cm³/mol. The Morgan fingerprint density at radius 2 is 1.10 bits per heavy atom. The van der Waals surface area contributed by atoms with Crippen LogP contribution in [-0.2, 0) is 19.3 Å². The molecule has 0 bridgehead atoms. The number of nitrogens with zero attached hydrogens (tertiary/aromatic N) is 3. The standard InChI is InChI=1S/C15H22Cl2N2.C15H24N2.C14H22N2/c16-13-6-5-12(15(17)10-13)9-14(18)11-19-7-3-1-2-4-8-19;16-15(17-12-6-1-2-7-13-17)11-10-14-8-4-3-5-9-14;1-12-4-6-13(7-5-12)10-14(15)11-16-8-2-3-9-16/h5-6,10,14H,1-4,7-9,11,18H2;3-5,8-9,15H,1-2,6-7,10-13,16H2;4-7,14H,2-3,8-11,15H2,1H3. The SMILES string of the molecule is Cc1ccc(CC(N)CN2CCCC2)cc1.NC(CCc1ccccc1)N1CCCCCC1.NC(Cc1ccc(Cl)cc1Cl)CN1CCCCCC1. The van der Waals surface area contributed by atoms with Crippen LogP contribution < -0.4 is 17.2 Å². The van der Waals surface area contributed by atoms with E-state index in [0.717, 1.165) is 49.4 Å². The second-order valence-corrected chi connectivity index (χ2v) is 16.3. The maximum absolute atomic E-state index is 6.29. The van der Waals surface area contributed by atoms with Crippen LogP contribution in [0.2, 0.25) is 10.0 Å². The maximum atomic E-state index is 6.29. The molecule has 0 aromatic heterocycles. The molecule has 3 unspecified atom stereocenters. The van der Waals surface area contributed by atoms with Gasteiger partial charge in [0.15, 0.2) is 0 Å². The Kier molecular flexibility index (Phi) is 20.1. The number of halogens is 2. The zero-order valence-corrected chi connectivity index (χ0v) is 33.6. The van der Waals surface area contributed by atoms with Crippen molar-refractivity contribution in [2.75, 3.05) is 52.4 Å². The van der Waals surface area contributed by atoms with Crippen molar-refractivity contribution >= 4 is 23.2 Å². The number of nitrogens with two attached hydrogens (primary N) is 3. The Labute approximate surface area is 326 Å². The van der Waals surface area contributed by atoms with Crippen molar-refractivity contribution in [3.63, 3.8) is 0 Å². The third kappa shape index (κ3) is 17.0. The van der Waals surface area contributed by atoms with Crippen LogP contribution >= 0.6 is 23.2 Å². The zero-order chi connectivity index (χ0) is 37.0. The smallest absolute Gasteiger partial charge is 0.0574 e. The van der Waals surface area contributed by atoms with Crippen molar-refractivity contribution in [3.8, 4) is 0 Å². The summed E-state index contributed by atoms with van der Waals surface area (Å²) in [6, 6.07) is 25.4. The van der Waals surface area contributed by atoms with Crippen LogP contribution in [0, 0.1) is 6.92 Å². The number of benzene rings is 3. The molecule has 6 nitrogen and oxygen atoms in total. The molecule has 288 valence electrons. The van der Waals surface area contributed by atoms with E-state index in [-0.39, 0.29) is 18.2 Å². The van der Waals surface area contributed by atoms with Gasteiger partial charge in [-0.15, -0.1) is 0 Å². The molecular formula is C44H68Cl2N6. The van der Waals surface area contributed by atoms with E-state index in [1.165, 1.54) is 120 Å². The summed E-state index contributed by atoms with van der Waals surface area (Å²) in [5, 5.41) is 1.40. The normalized spacial score (nSPS) is 19.3. The van der Waals surface area contributed by atoms with Crippen molar-refractivity contribution in [2.45, 2.75) is 115 Å². The van der Waals surface area contributed by atoms with Crippen LogP contribution in [-0.4, -0.2) is 85.3 Å². The number of rotatable bonds is 12. The summed E-state index contributed by atoms with van der Waals surface area (Å²) in [7, 11) is 0. The third-order valence-corrected chi connectivity index (χ3v) is 11.3. The molecule has 0 radical (unpaired) electrons. The van der Waals surface area contributed by atoms with Gasteiger partial charge in [-0.3, -0.25) is 4.90 Å². The first-order chi connectivity index (χ1) is 25.2. The van der Waals surface area contributed by atoms with Gasteiger partial charge in [-0.05, 0) is 139 Å². The lowest BCUT2D eigenvalue weighted by molar-refractivity contribution is 0.198. The highest BCUT2D eigenvalue weighted by Gasteiger charge is 2.17. The van der Waals surface area contributed by atoms with E-state index >= 15 is 0 Å². The minimum Gasteiger partial charge on any atom is -0.326 e. The summed E-state index contributed by atoms with van der Waals surface area (Å²) >= 11 is 12.1. The molecule has 6 rings (SSSR count). The van der Waals surface area contributed by atoms with Crippen molar-refractivity contribution in [2.24, 2.45) is 17.2 Å². The lowest BCUT2D eigenvalue weighted by atomic mass is 10.0. The summed E-state index contributed by atoms with van der Waals surface area (Å²) in [6.45, 7) is 11.3. The van der Waals surface area contributed by atoms with E-state index in [9.17, 15) is 0 Å². The fourth-order valence-electron chi connectivity index (χ4n) is 7.64. The molecule has 3 heterocycles. The molecule has 0 spiro atoms. The predicted octanol–water partition coefficient (Wildman–Crippen LogP) is 8.48. The second kappa shape index (κ2) is 24.4. The summed E-state index contributed by atoms with van der Waals surface area (Å²) in [6.07, 6.45) is 17.6.